The van der Waals surface area contributed by atoms with Crippen LogP contribution in [-0.2, 0) is 27.5 Å². The molecule has 2 unspecified atom stereocenters. The number of rotatable bonds is 9. The number of halogens is 1. The van der Waals surface area contributed by atoms with Crippen LogP contribution in [-0.4, -0.2) is 69.7 Å². The minimum Gasteiger partial charge on any atom is -0.508 e. The van der Waals surface area contributed by atoms with E-state index in [4.69, 9.17) is 0 Å². The average Bonchev–Trinajstić information content (AvgIpc) is 3.74. The van der Waals surface area contributed by atoms with Gasteiger partial charge >= 0.3 is 0 Å². The largest absolute Gasteiger partial charge is 0.508 e. The summed E-state index contributed by atoms with van der Waals surface area (Å²) in [6, 6.07) is 16.3. The van der Waals surface area contributed by atoms with Crippen LogP contribution < -0.4 is 15.5 Å². The van der Waals surface area contributed by atoms with E-state index in [0.717, 1.165) is 67.0 Å². The normalized spacial score (nSPS) is 18.7. The van der Waals surface area contributed by atoms with E-state index in [2.05, 4.69) is 44.6 Å². The number of aromatic hydroxyl groups is 1. The van der Waals surface area contributed by atoms with Gasteiger partial charge in [-0.3, -0.25) is 34.7 Å². The van der Waals surface area contributed by atoms with E-state index in [1.54, 1.807) is 11.6 Å². The zero-order valence-electron chi connectivity index (χ0n) is 27.5. The van der Waals surface area contributed by atoms with Gasteiger partial charge in [0.1, 0.15) is 17.6 Å². The van der Waals surface area contributed by atoms with Crippen molar-refractivity contribution in [3.63, 3.8) is 0 Å². The molecule has 0 bridgehead atoms. The van der Waals surface area contributed by atoms with Crippen LogP contribution in [0.4, 0.5) is 15.2 Å². The van der Waals surface area contributed by atoms with E-state index in [0.29, 0.717) is 29.6 Å². The molecule has 2 fully saturated rings. The summed E-state index contributed by atoms with van der Waals surface area (Å²) in [4.78, 5) is 61.3. The van der Waals surface area contributed by atoms with Crippen LogP contribution >= 0.6 is 11.3 Å². The van der Waals surface area contributed by atoms with Crippen molar-refractivity contribution in [3.05, 3.63) is 106 Å². The molecule has 1 aromatic heterocycles. The lowest BCUT2D eigenvalue weighted by Gasteiger charge is -2.38. The van der Waals surface area contributed by atoms with E-state index in [9.17, 15) is 28.7 Å². The quantitative estimate of drug-likeness (QED) is 0.210. The van der Waals surface area contributed by atoms with Crippen LogP contribution in [0.1, 0.15) is 70.3 Å². The zero-order chi connectivity index (χ0) is 34.9. The minimum absolute atomic E-state index is 0.00288. The molecule has 7 rings (SSSR count). The third-order valence-electron chi connectivity index (χ3n) is 9.94. The Balaban J connectivity index is 0.996. The molecule has 0 aliphatic carbocycles. The molecule has 0 spiro atoms. The maximum absolute atomic E-state index is 14.4. The van der Waals surface area contributed by atoms with Crippen LogP contribution in [0.15, 0.2) is 72.2 Å². The van der Waals surface area contributed by atoms with Crippen LogP contribution in [0.2, 0.25) is 0 Å². The van der Waals surface area contributed by atoms with Gasteiger partial charge in [-0.05, 0) is 73.3 Å². The van der Waals surface area contributed by atoms with Crippen molar-refractivity contribution < 1.29 is 28.7 Å². The molecule has 4 heterocycles. The van der Waals surface area contributed by atoms with Crippen LogP contribution in [0.3, 0.4) is 0 Å². The Morgan fingerprint density at radius 2 is 1.86 bits per heavy atom. The maximum Gasteiger partial charge on any atom is 0.255 e. The molecule has 13 heteroatoms. The van der Waals surface area contributed by atoms with Gasteiger partial charge in [-0.1, -0.05) is 30.3 Å². The molecular weight excluding hydrogens is 660 g/mol. The highest BCUT2D eigenvalue weighted by Gasteiger charge is 2.39. The highest BCUT2D eigenvalue weighted by Crippen LogP contribution is 2.38. The Hall–Kier alpha value is -5.14. The van der Waals surface area contributed by atoms with Gasteiger partial charge in [0.15, 0.2) is 5.13 Å². The van der Waals surface area contributed by atoms with Crippen molar-refractivity contribution >= 4 is 45.8 Å². The monoisotopic (exact) mass is 696 g/mol. The number of nitrogens with zero attached hydrogens (tertiary/aromatic N) is 4. The topological polar surface area (TPSA) is 135 Å². The fourth-order valence-corrected chi connectivity index (χ4v) is 7.75. The lowest BCUT2D eigenvalue weighted by atomic mass is 9.90. The zero-order valence-corrected chi connectivity index (χ0v) is 28.3. The molecule has 2 saturated heterocycles. The molecule has 258 valence electrons. The number of nitrogens with one attached hydrogen (secondary N) is 2. The van der Waals surface area contributed by atoms with Gasteiger partial charge in [-0.25, -0.2) is 9.37 Å². The van der Waals surface area contributed by atoms with Crippen molar-refractivity contribution in [1.82, 2.24) is 20.1 Å². The summed E-state index contributed by atoms with van der Waals surface area (Å²) in [6.45, 7) is 2.50. The SMILES string of the molecule is CN(Cc1ccc(C2CCC(=O)NC2=O)cc1)C1CCN(c2ccc3c(c2)C(=O)N(C(C(=O)Nc2nccs2)c2cc(F)ccc2O)C3)CC1. The first-order valence-electron chi connectivity index (χ1n) is 16.6. The Kier molecular flexibility index (Phi) is 9.34. The molecule has 50 heavy (non-hydrogen) atoms. The first-order chi connectivity index (χ1) is 24.1. The predicted octanol–water partition coefficient (Wildman–Crippen LogP) is 4.94. The molecule has 3 aromatic carbocycles. The number of piperidine rings is 2. The summed E-state index contributed by atoms with van der Waals surface area (Å²) in [7, 11) is 2.12. The standard InChI is InChI=1S/C37H37FN6O5S/c1-42(20-22-2-4-23(5-3-22)28-9-11-32(46)40-34(28)47)26-12-15-43(16-13-26)27-8-6-24-21-44(36(49)29(24)19-27)33(30-18-25(38)7-10-31(30)45)35(48)41-37-39-14-17-50-37/h2-8,10,14,17-19,26,28,33,45H,9,11-13,15-16,20-21H2,1H3,(H,39,41,48)(H,40,46,47). The second kappa shape index (κ2) is 14.0. The molecule has 0 saturated carbocycles. The van der Waals surface area contributed by atoms with Crippen molar-refractivity contribution in [2.75, 3.05) is 30.4 Å². The predicted molar refractivity (Wildman–Crippen MR) is 186 cm³/mol. The molecule has 2 atom stereocenters. The van der Waals surface area contributed by atoms with Crippen molar-refractivity contribution in [3.8, 4) is 5.75 Å². The van der Waals surface area contributed by atoms with Crippen molar-refractivity contribution in [1.29, 1.82) is 0 Å². The second-order valence-electron chi connectivity index (χ2n) is 13.1. The number of hydrogen-bond acceptors (Lipinski definition) is 9. The molecule has 4 amide bonds. The Labute approximate surface area is 292 Å². The van der Waals surface area contributed by atoms with E-state index >= 15 is 0 Å². The summed E-state index contributed by atoms with van der Waals surface area (Å²) in [6.07, 6.45) is 4.29. The number of phenolic OH excluding ortho intramolecular Hbond substituents is 1. The fourth-order valence-electron chi connectivity index (χ4n) is 7.22. The maximum atomic E-state index is 14.4. The minimum atomic E-state index is -1.28. The third-order valence-corrected chi connectivity index (χ3v) is 10.6. The number of phenols is 1. The first-order valence-corrected chi connectivity index (χ1v) is 17.5. The molecule has 3 N–H and O–H groups in total. The number of thiazole rings is 1. The molecule has 3 aliphatic heterocycles. The molecule has 0 radical (unpaired) electrons. The van der Waals surface area contributed by atoms with Gasteiger partial charge in [0.2, 0.25) is 11.8 Å². The fraction of sp³-hybridized carbons (Fsp3) is 0.324. The number of fused-ring (bicyclic) bond motifs is 1. The summed E-state index contributed by atoms with van der Waals surface area (Å²) in [5, 5.41) is 17.8. The smallest absolute Gasteiger partial charge is 0.255 e. The Morgan fingerprint density at radius 1 is 1.08 bits per heavy atom. The van der Waals surface area contributed by atoms with E-state index in [-0.39, 0.29) is 41.5 Å². The number of carbonyl (C=O) groups is 4. The highest BCUT2D eigenvalue weighted by molar-refractivity contribution is 7.13. The Morgan fingerprint density at radius 3 is 2.58 bits per heavy atom. The van der Waals surface area contributed by atoms with Crippen molar-refractivity contribution in [2.24, 2.45) is 0 Å². The average molecular weight is 697 g/mol. The van der Waals surface area contributed by atoms with Crippen molar-refractivity contribution in [2.45, 2.75) is 56.8 Å². The number of carbonyl (C=O) groups excluding carboxylic acids is 4. The summed E-state index contributed by atoms with van der Waals surface area (Å²) in [5.41, 5.74) is 4.22. The van der Waals surface area contributed by atoms with Gasteiger partial charge in [-0.15, -0.1) is 11.3 Å². The Bertz CT molecular complexity index is 1930. The van der Waals surface area contributed by atoms with Gasteiger partial charge in [-0.2, -0.15) is 0 Å². The van der Waals surface area contributed by atoms with Gasteiger partial charge < -0.3 is 14.9 Å². The van der Waals surface area contributed by atoms with Gasteiger partial charge in [0.05, 0.1) is 5.92 Å². The van der Waals surface area contributed by atoms with E-state index in [1.807, 2.05) is 30.3 Å². The van der Waals surface area contributed by atoms with Crippen LogP contribution in [0, 0.1) is 5.82 Å². The molecule has 4 aromatic rings. The molecule has 3 aliphatic rings. The summed E-state index contributed by atoms with van der Waals surface area (Å²) < 4.78 is 14.4. The molecule has 11 nitrogen and oxygen atoms in total. The lowest BCUT2D eigenvalue weighted by molar-refractivity contribution is -0.134. The number of anilines is 2. The first kappa shape index (κ1) is 33.4. The third kappa shape index (κ3) is 6.83. The highest BCUT2D eigenvalue weighted by atomic mass is 32.1. The summed E-state index contributed by atoms with van der Waals surface area (Å²) in [5.74, 6) is -2.62. The number of hydrogen-bond donors (Lipinski definition) is 3. The number of amides is 4. The van der Waals surface area contributed by atoms with Crippen LogP contribution in [0.5, 0.6) is 5.75 Å². The van der Waals surface area contributed by atoms with E-state index < -0.39 is 17.8 Å². The number of aromatic nitrogens is 1. The summed E-state index contributed by atoms with van der Waals surface area (Å²) >= 11 is 1.21. The lowest BCUT2D eigenvalue weighted by Crippen LogP contribution is -2.43. The van der Waals surface area contributed by atoms with Crippen LogP contribution in [0.25, 0.3) is 0 Å². The number of benzene rings is 3. The van der Waals surface area contributed by atoms with Gasteiger partial charge in [0.25, 0.3) is 11.8 Å². The molecular formula is C37H37FN6O5S. The number of imide groups is 1. The van der Waals surface area contributed by atoms with E-state index in [1.165, 1.54) is 22.3 Å². The van der Waals surface area contributed by atoms with Gasteiger partial charge in [0, 0.05) is 67.0 Å². The second-order valence-corrected chi connectivity index (χ2v) is 14.0.